The number of piperidine rings is 1. The fraction of sp³-hybridized carbons (Fsp3) is 0.292. The number of nitrogens with one attached hydrogen (secondary N) is 2. The highest BCUT2D eigenvalue weighted by molar-refractivity contribution is 5.93. The predicted octanol–water partition coefficient (Wildman–Crippen LogP) is 4.01. The van der Waals surface area contributed by atoms with Crippen molar-refractivity contribution < 1.29 is 18.3 Å². The molecule has 1 fully saturated rings. The van der Waals surface area contributed by atoms with Gasteiger partial charge in [-0.25, -0.2) is 13.8 Å². The molecule has 2 aromatic heterocycles. The molecule has 33 heavy (non-hydrogen) atoms. The minimum atomic E-state index is -2.93. The number of para-hydroxylation sites is 1. The Morgan fingerprint density at radius 3 is 2.64 bits per heavy atom. The van der Waals surface area contributed by atoms with E-state index < -0.39 is 17.9 Å². The van der Waals surface area contributed by atoms with Gasteiger partial charge in [-0.2, -0.15) is 0 Å². The highest BCUT2D eigenvalue weighted by Crippen LogP contribution is 2.40. The van der Waals surface area contributed by atoms with Crippen molar-refractivity contribution in [2.45, 2.75) is 31.2 Å². The number of aromatic amines is 1. The molecule has 7 nitrogen and oxygen atoms in total. The Balaban J connectivity index is 1.39. The molecule has 0 radical (unpaired) electrons. The summed E-state index contributed by atoms with van der Waals surface area (Å²) in [5.74, 6) is -2.86. The second-order valence-corrected chi connectivity index (χ2v) is 8.00. The quantitative estimate of drug-likeness (QED) is 0.588. The molecule has 0 spiro atoms. The van der Waals surface area contributed by atoms with Crippen molar-refractivity contribution in [1.82, 2.24) is 14.9 Å². The standard InChI is InChI=1S/C24H24F2N4O3/c1-16(30-12-11-24(25,26)20(15-30)17-7-10-22(31)28-13-17)23(32)29-21-9-8-19(14-27-21)33-18-5-3-2-4-6-18/h2-10,13-14,16,20H,11-12,15H2,1H3,(H,28,31)(H,27,29,32)/t16-,20+/m0/s1. The molecule has 2 N–H and O–H groups in total. The molecule has 2 atom stereocenters. The second-order valence-electron chi connectivity index (χ2n) is 8.00. The fourth-order valence-corrected chi connectivity index (χ4v) is 3.80. The first-order valence-corrected chi connectivity index (χ1v) is 10.6. The van der Waals surface area contributed by atoms with Crippen molar-refractivity contribution in [3.8, 4) is 11.5 Å². The van der Waals surface area contributed by atoms with Gasteiger partial charge in [0.2, 0.25) is 11.5 Å². The van der Waals surface area contributed by atoms with Crippen LogP contribution in [0.2, 0.25) is 0 Å². The van der Waals surface area contributed by atoms with E-state index in [2.05, 4.69) is 15.3 Å². The average molecular weight is 454 g/mol. The maximum absolute atomic E-state index is 14.6. The number of aromatic nitrogens is 2. The lowest BCUT2D eigenvalue weighted by atomic mass is 9.87. The first-order valence-electron chi connectivity index (χ1n) is 10.6. The number of ether oxygens (including phenoxy) is 1. The normalized spacial score (nSPS) is 18.9. The van der Waals surface area contributed by atoms with Crippen LogP contribution in [-0.4, -0.2) is 45.8 Å². The molecule has 9 heteroatoms. The van der Waals surface area contributed by atoms with E-state index in [4.69, 9.17) is 4.74 Å². The molecule has 0 saturated carbocycles. The molecule has 0 unspecified atom stereocenters. The number of pyridine rings is 2. The van der Waals surface area contributed by atoms with Crippen LogP contribution in [0.5, 0.6) is 11.5 Å². The minimum absolute atomic E-state index is 0.00902. The zero-order valence-electron chi connectivity index (χ0n) is 18.0. The summed E-state index contributed by atoms with van der Waals surface area (Å²) in [6.45, 7) is 1.75. The van der Waals surface area contributed by atoms with Gasteiger partial charge in [0.15, 0.2) is 0 Å². The minimum Gasteiger partial charge on any atom is -0.456 e. The molecule has 1 amide bonds. The molecule has 0 aliphatic carbocycles. The lowest BCUT2D eigenvalue weighted by Crippen LogP contribution is -2.52. The second kappa shape index (κ2) is 9.50. The number of carbonyl (C=O) groups excluding carboxylic acids is 1. The third-order valence-corrected chi connectivity index (χ3v) is 5.76. The number of halogens is 2. The molecular formula is C24H24F2N4O3. The molecule has 4 rings (SSSR count). The maximum Gasteiger partial charge on any atom is 0.257 e. The number of anilines is 1. The van der Waals surface area contributed by atoms with Crippen LogP contribution in [0.15, 0.2) is 71.8 Å². The lowest BCUT2D eigenvalue weighted by Gasteiger charge is -2.40. The van der Waals surface area contributed by atoms with E-state index in [0.717, 1.165) is 0 Å². The van der Waals surface area contributed by atoms with E-state index in [1.165, 1.54) is 24.5 Å². The van der Waals surface area contributed by atoms with Crippen LogP contribution in [0.25, 0.3) is 0 Å². The number of nitrogens with zero attached hydrogens (tertiary/aromatic N) is 2. The smallest absolute Gasteiger partial charge is 0.257 e. The van der Waals surface area contributed by atoms with E-state index in [1.54, 1.807) is 24.0 Å². The van der Waals surface area contributed by atoms with Gasteiger partial charge in [-0.1, -0.05) is 24.3 Å². The van der Waals surface area contributed by atoms with E-state index in [-0.39, 0.29) is 31.0 Å². The van der Waals surface area contributed by atoms with Gasteiger partial charge in [0.05, 0.1) is 18.2 Å². The molecule has 1 aliphatic heterocycles. The first-order chi connectivity index (χ1) is 15.8. The van der Waals surface area contributed by atoms with Gasteiger partial charge in [-0.3, -0.25) is 14.5 Å². The summed E-state index contributed by atoms with van der Waals surface area (Å²) >= 11 is 0. The summed E-state index contributed by atoms with van der Waals surface area (Å²) in [7, 11) is 0. The van der Waals surface area contributed by atoms with Gasteiger partial charge < -0.3 is 15.0 Å². The summed E-state index contributed by atoms with van der Waals surface area (Å²) in [5.41, 5.74) is -0.0113. The van der Waals surface area contributed by atoms with Gasteiger partial charge in [-0.15, -0.1) is 0 Å². The number of hydrogen-bond donors (Lipinski definition) is 2. The van der Waals surface area contributed by atoms with E-state index in [9.17, 15) is 18.4 Å². The van der Waals surface area contributed by atoms with E-state index in [0.29, 0.717) is 22.9 Å². The van der Waals surface area contributed by atoms with Crippen molar-refractivity contribution in [3.63, 3.8) is 0 Å². The maximum atomic E-state index is 14.6. The Kier molecular flexibility index (Phi) is 6.50. The van der Waals surface area contributed by atoms with Crippen molar-refractivity contribution in [2.75, 3.05) is 18.4 Å². The molecule has 172 valence electrons. The predicted molar refractivity (Wildman–Crippen MR) is 120 cm³/mol. The number of H-pyrrole nitrogens is 1. The summed E-state index contributed by atoms with van der Waals surface area (Å²) in [6.07, 6.45) is 2.44. The Labute approximate surface area is 189 Å². The van der Waals surface area contributed by atoms with Crippen LogP contribution in [-0.2, 0) is 4.79 Å². The van der Waals surface area contributed by atoms with Crippen LogP contribution in [0, 0.1) is 0 Å². The van der Waals surface area contributed by atoms with E-state index in [1.807, 2.05) is 30.3 Å². The molecule has 1 saturated heterocycles. The topological polar surface area (TPSA) is 87.3 Å². The SMILES string of the molecule is C[C@@H](C(=O)Nc1ccc(Oc2ccccc2)cn1)N1CCC(F)(F)[C@@H](c2ccc(=O)[nH]c2)C1. The zero-order chi connectivity index (χ0) is 23.4. The van der Waals surface area contributed by atoms with Crippen molar-refractivity contribution in [1.29, 1.82) is 0 Å². The number of hydrogen-bond acceptors (Lipinski definition) is 5. The Hall–Kier alpha value is -3.59. The molecule has 1 aromatic carbocycles. The van der Waals surface area contributed by atoms with Gasteiger partial charge in [0.25, 0.3) is 5.92 Å². The summed E-state index contributed by atoms with van der Waals surface area (Å²) < 4.78 is 34.9. The third-order valence-electron chi connectivity index (χ3n) is 5.76. The highest BCUT2D eigenvalue weighted by Gasteiger charge is 2.46. The Morgan fingerprint density at radius 1 is 1.18 bits per heavy atom. The highest BCUT2D eigenvalue weighted by atomic mass is 19.3. The van der Waals surface area contributed by atoms with Gasteiger partial charge in [-0.05, 0) is 36.8 Å². The van der Waals surface area contributed by atoms with Crippen LogP contribution in [0.4, 0.5) is 14.6 Å². The van der Waals surface area contributed by atoms with Gasteiger partial charge in [0, 0.05) is 31.8 Å². The number of benzene rings is 1. The number of carbonyl (C=O) groups is 1. The monoisotopic (exact) mass is 454 g/mol. The average Bonchev–Trinajstić information content (AvgIpc) is 2.81. The van der Waals surface area contributed by atoms with Crippen LogP contribution in [0.3, 0.4) is 0 Å². The van der Waals surface area contributed by atoms with Crippen LogP contribution < -0.4 is 15.6 Å². The summed E-state index contributed by atoms with van der Waals surface area (Å²) in [4.78, 5) is 32.4. The number of alkyl halides is 2. The molecule has 0 bridgehead atoms. The van der Waals surface area contributed by atoms with Crippen LogP contribution >= 0.6 is 0 Å². The Morgan fingerprint density at radius 2 is 1.97 bits per heavy atom. The van der Waals surface area contributed by atoms with Crippen molar-refractivity contribution in [2.24, 2.45) is 0 Å². The zero-order valence-corrected chi connectivity index (χ0v) is 18.0. The molecular weight excluding hydrogens is 430 g/mol. The number of likely N-dealkylation sites (tertiary alicyclic amines) is 1. The number of amides is 1. The van der Waals surface area contributed by atoms with Crippen LogP contribution in [0.1, 0.15) is 24.8 Å². The van der Waals surface area contributed by atoms with Crippen molar-refractivity contribution >= 4 is 11.7 Å². The first kappa shape index (κ1) is 22.6. The molecule has 1 aliphatic rings. The lowest BCUT2D eigenvalue weighted by molar-refractivity contribution is -0.125. The summed E-state index contributed by atoms with van der Waals surface area (Å²) in [5, 5.41) is 2.73. The van der Waals surface area contributed by atoms with Crippen molar-refractivity contribution in [3.05, 3.63) is 82.9 Å². The third kappa shape index (κ3) is 5.43. The Bertz CT molecular complexity index is 1130. The van der Waals surface area contributed by atoms with Gasteiger partial charge in [0.1, 0.15) is 17.3 Å². The largest absolute Gasteiger partial charge is 0.456 e. The van der Waals surface area contributed by atoms with Gasteiger partial charge >= 0.3 is 0 Å². The summed E-state index contributed by atoms with van der Waals surface area (Å²) in [6, 6.07) is 14.6. The molecule has 3 aromatic rings. The molecule has 3 heterocycles. The number of rotatable bonds is 6. The fourth-order valence-electron chi connectivity index (χ4n) is 3.80. The van der Waals surface area contributed by atoms with E-state index >= 15 is 0 Å².